The van der Waals surface area contributed by atoms with Gasteiger partial charge in [0.1, 0.15) is 18.3 Å². The molecule has 0 aliphatic carbocycles. The van der Waals surface area contributed by atoms with Crippen molar-refractivity contribution in [1.82, 2.24) is 29.6 Å². The fourth-order valence-corrected chi connectivity index (χ4v) is 4.21. The Labute approximate surface area is 189 Å². The molecule has 0 aliphatic rings. The maximum atomic E-state index is 12.9. The van der Waals surface area contributed by atoms with Crippen molar-refractivity contribution in [3.05, 3.63) is 88.2 Å². The fraction of sp³-hybridized carbons (Fsp3) is 0.200. The smallest absolute Gasteiger partial charge is 0.264 e. The van der Waals surface area contributed by atoms with Gasteiger partial charge in [0.2, 0.25) is 5.91 Å². The minimum atomic E-state index is -0.289. The highest BCUT2D eigenvalue weighted by molar-refractivity contribution is 5.83. The minimum absolute atomic E-state index is 0.0929. The van der Waals surface area contributed by atoms with Crippen molar-refractivity contribution < 1.29 is 4.79 Å². The SMILES string of the molecule is Cc1cc(C)cc(-n2ncc3c(=O)n(CC(=O)NCCc4c[nH]c5ccccc45)cnc32)c1. The van der Waals surface area contributed by atoms with Gasteiger partial charge < -0.3 is 10.3 Å². The Kier molecular flexibility index (Phi) is 5.26. The zero-order chi connectivity index (χ0) is 22.9. The third kappa shape index (κ3) is 4.03. The van der Waals surface area contributed by atoms with Crippen molar-refractivity contribution in [2.45, 2.75) is 26.8 Å². The summed E-state index contributed by atoms with van der Waals surface area (Å²) < 4.78 is 2.97. The lowest BCUT2D eigenvalue weighted by Crippen LogP contribution is -2.33. The average molecular weight is 441 g/mol. The molecule has 8 nitrogen and oxygen atoms in total. The summed E-state index contributed by atoms with van der Waals surface area (Å²) in [5.41, 5.74) is 5.46. The van der Waals surface area contributed by atoms with Crippen LogP contribution < -0.4 is 10.9 Å². The van der Waals surface area contributed by atoms with Crippen LogP contribution in [0.25, 0.3) is 27.6 Å². The predicted molar refractivity (Wildman–Crippen MR) is 128 cm³/mol. The lowest BCUT2D eigenvalue weighted by molar-refractivity contribution is -0.121. The molecule has 0 spiro atoms. The summed E-state index contributed by atoms with van der Waals surface area (Å²) in [6, 6.07) is 14.1. The van der Waals surface area contributed by atoms with Crippen LogP contribution in [0, 0.1) is 13.8 Å². The molecule has 0 unspecified atom stereocenters. The molecule has 3 aromatic heterocycles. The fourth-order valence-electron chi connectivity index (χ4n) is 4.21. The number of fused-ring (bicyclic) bond motifs is 2. The highest BCUT2D eigenvalue weighted by atomic mass is 16.2. The number of hydrogen-bond acceptors (Lipinski definition) is 4. The van der Waals surface area contributed by atoms with Gasteiger partial charge in [-0.2, -0.15) is 5.10 Å². The number of benzene rings is 2. The number of rotatable bonds is 6. The van der Waals surface area contributed by atoms with Crippen LogP contribution in [0.4, 0.5) is 0 Å². The molecular formula is C25H24N6O2. The van der Waals surface area contributed by atoms with Crippen LogP contribution in [-0.4, -0.2) is 36.8 Å². The summed E-state index contributed by atoms with van der Waals surface area (Å²) in [5.74, 6) is -0.236. The molecule has 0 bridgehead atoms. The first-order chi connectivity index (χ1) is 16.0. The van der Waals surface area contributed by atoms with E-state index in [1.165, 1.54) is 17.1 Å². The standard InChI is InChI=1S/C25H24N6O2/c1-16-9-17(2)11-19(10-16)31-24-21(13-29-31)25(33)30(15-28-24)14-23(32)26-8-7-18-12-27-22-6-4-3-5-20(18)22/h3-6,9-13,15,27H,7-8,14H2,1-2H3,(H,26,32). The number of aromatic nitrogens is 5. The van der Waals surface area contributed by atoms with E-state index in [9.17, 15) is 9.59 Å². The van der Waals surface area contributed by atoms with Crippen molar-refractivity contribution in [2.75, 3.05) is 6.54 Å². The third-order valence-corrected chi connectivity index (χ3v) is 5.71. The molecule has 8 heteroatoms. The normalized spacial score (nSPS) is 11.3. The molecule has 5 aromatic rings. The van der Waals surface area contributed by atoms with Gasteiger partial charge in [0, 0.05) is 23.6 Å². The van der Waals surface area contributed by atoms with E-state index in [0.29, 0.717) is 24.0 Å². The number of nitrogens with one attached hydrogen (secondary N) is 2. The zero-order valence-corrected chi connectivity index (χ0v) is 18.5. The molecule has 2 aromatic carbocycles. The molecule has 0 aliphatic heterocycles. The van der Waals surface area contributed by atoms with E-state index < -0.39 is 0 Å². The lowest BCUT2D eigenvalue weighted by atomic mass is 10.1. The number of H-pyrrole nitrogens is 1. The summed E-state index contributed by atoms with van der Waals surface area (Å²) in [4.78, 5) is 33.1. The second-order valence-electron chi connectivity index (χ2n) is 8.28. The molecule has 166 valence electrons. The number of carbonyl (C=O) groups excluding carboxylic acids is 1. The van der Waals surface area contributed by atoms with Gasteiger partial charge in [0.05, 0.1) is 11.9 Å². The van der Waals surface area contributed by atoms with E-state index in [4.69, 9.17) is 0 Å². The summed E-state index contributed by atoms with van der Waals surface area (Å²) in [6.45, 7) is 4.42. The number of hydrogen-bond donors (Lipinski definition) is 2. The number of aromatic amines is 1. The topological polar surface area (TPSA) is 97.6 Å². The first-order valence-electron chi connectivity index (χ1n) is 10.8. The molecule has 0 fully saturated rings. The van der Waals surface area contributed by atoms with Crippen LogP contribution in [0.3, 0.4) is 0 Å². The molecule has 2 N–H and O–H groups in total. The number of aryl methyl sites for hydroxylation is 2. The Bertz CT molecular complexity index is 1520. The summed E-state index contributed by atoms with van der Waals surface area (Å²) >= 11 is 0. The van der Waals surface area contributed by atoms with Crippen LogP contribution in [-0.2, 0) is 17.8 Å². The highest BCUT2D eigenvalue weighted by Crippen LogP contribution is 2.18. The van der Waals surface area contributed by atoms with Gasteiger partial charge in [-0.1, -0.05) is 24.3 Å². The Morgan fingerprint density at radius 2 is 1.88 bits per heavy atom. The van der Waals surface area contributed by atoms with E-state index in [1.54, 1.807) is 4.68 Å². The van der Waals surface area contributed by atoms with Gasteiger partial charge in [0.25, 0.3) is 5.56 Å². The van der Waals surface area contributed by atoms with Crippen LogP contribution in [0.1, 0.15) is 16.7 Å². The molecule has 1 amide bonds. The summed E-state index contributed by atoms with van der Waals surface area (Å²) in [5, 5.41) is 8.79. The molecule has 0 saturated carbocycles. The summed E-state index contributed by atoms with van der Waals surface area (Å²) in [6.07, 6.45) is 5.58. The Balaban J connectivity index is 1.29. The van der Waals surface area contributed by atoms with Crippen LogP contribution in [0.15, 0.2) is 66.0 Å². The van der Waals surface area contributed by atoms with Crippen molar-refractivity contribution >= 4 is 27.8 Å². The number of para-hydroxylation sites is 1. The molecule has 0 radical (unpaired) electrons. The average Bonchev–Trinajstić information content (AvgIpc) is 3.40. The van der Waals surface area contributed by atoms with Crippen molar-refractivity contribution in [1.29, 1.82) is 0 Å². The first kappa shape index (κ1) is 20.7. The largest absolute Gasteiger partial charge is 0.361 e. The van der Waals surface area contributed by atoms with E-state index in [-0.39, 0.29) is 18.0 Å². The van der Waals surface area contributed by atoms with E-state index in [1.807, 2.05) is 50.4 Å². The number of carbonyl (C=O) groups is 1. The van der Waals surface area contributed by atoms with Crippen LogP contribution >= 0.6 is 0 Å². The van der Waals surface area contributed by atoms with E-state index >= 15 is 0 Å². The minimum Gasteiger partial charge on any atom is -0.361 e. The van der Waals surface area contributed by atoms with Crippen molar-refractivity contribution in [2.24, 2.45) is 0 Å². The zero-order valence-electron chi connectivity index (χ0n) is 18.5. The molecule has 0 atom stereocenters. The Hall–Kier alpha value is -4.20. The van der Waals surface area contributed by atoms with E-state index in [2.05, 4.69) is 32.5 Å². The number of amides is 1. The molecule has 3 heterocycles. The van der Waals surface area contributed by atoms with E-state index in [0.717, 1.165) is 33.3 Å². The predicted octanol–water partition coefficient (Wildman–Crippen LogP) is 3.04. The van der Waals surface area contributed by atoms with Gasteiger partial charge in [-0.25, -0.2) is 9.67 Å². The molecular weight excluding hydrogens is 416 g/mol. The third-order valence-electron chi connectivity index (χ3n) is 5.71. The monoisotopic (exact) mass is 440 g/mol. The van der Waals surface area contributed by atoms with Gasteiger partial charge >= 0.3 is 0 Å². The lowest BCUT2D eigenvalue weighted by Gasteiger charge is -2.08. The molecule has 33 heavy (non-hydrogen) atoms. The van der Waals surface area contributed by atoms with Gasteiger partial charge in [-0.05, 0) is 55.2 Å². The van der Waals surface area contributed by atoms with Crippen molar-refractivity contribution in [3.8, 4) is 5.69 Å². The molecule has 0 saturated heterocycles. The Morgan fingerprint density at radius 3 is 2.70 bits per heavy atom. The van der Waals surface area contributed by atoms with Crippen LogP contribution in [0.2, 0.25) is 0 Å². The maximum Gasteiger partial charge on any atom is 0.264 e. The second-order valence-corrected chi connectivity index (χ2v) is 8.28. The van der Waals surface area contributed by atoms with Gasteiger partial charge in [-0.3, -0.25) is 14.2 Å². The van der Waals surface area contributed by atoms with Crippen LogP contribution in [0.5, 0.6) is 0 Å². The number of nitrogens with zero attached hydrogens (tertiary/aromatic N) is 4. The maximum absolute atomic E-state index is 12.9. The summed E-state index contributed by atoms with van der Waals surface area (Å²) in [7, 11) is 0. The van der Waals surface area contributed by atoms with Gasteiger partial charge in [-0.15, -0.1) is 0 Å². The molecule has 5 rings (SSSR count). The second kappa shape index (κ2) is 8.38. The Morgan fingerprint density at radius 1 is 1.09 bits per heavy atom. The quantitative estimate of drug-likeness (QED) is 0.424. The van der Waals surface area contributed by atoms with Crippen molar-refractivity contribution in [3.63, 3.8) is 0 Å². The first-order valence-corrected chi connectivity index (χ1v) is 10.8. The highest BCUT2D eigenvalue weighted by Gasteiger charge is 2.14. The van der Waals surface area contributed by atoms with Gasteiger partial charge in [0.15, 0.2) is 5.65 Å².